The van der Waals surface area contributed by atoms with Crippen LogP contribution in [-0.2, 0) is 19.1 Å². The van der Waals surface area contributed by atoms with Gasteiger partial charge in [-0.3, -0.25) is 14.5 Å². The molecule has 0 radical (unpaired) electrons. The standard InChI is InChI=1S/C22H23N3O4S/c1-14(20(27)23-15-8-10-16(11-9-15)24(2)3)29-21(28)22-13-12-19(26)25(22)17-6-4-5-7-18(17)30-22/h4-11,14H,12-13H2,1-3H3,(H,23,27)/t14-,22-/m1/s1. The number of hydrogen-bond donors (Lipinski definition) is 1. The molecule has 2 aromatic carbocycles. The summed E-state index contributed by atoms with van der Waals surface area (Å²) in [5, 5.41) is 2.77. The number of thioether (sulfide) groups is 1. The second-order valence-corrected chi connectivity index (χ2v) is 8.88. The fourth-order valence-corrected chi connectivity index (χ4v) is 5.07. The average molecular weight is 426 g/mol. The second kappa shape index (κ2) is 7.68. The molecule has 2 atom stereocenters. The van der Waals surface area contributed by atoms with Crippen LogP contribution in [0.1, 0.15) is 19.8 Å². The van der Waals surface area contributed by atoms with E-state index in [1.165, 1.54) is 23.6 Å². The smallest absolute Gasteiger partial charge is 0.344 e. The van der Waals surface area contributed by atoms with Crippen molar-refractivity contribution in [3.63, 3.8) is 0 Å². The number of carbonyl (C=O) groups is 3. The van der Waals surface area contributed by atoms with E-state index >= 15 is 0 Å². The predicted molar refractivity (Wildman–Crippen MR) is 117 cm³/mol. The highest BCUT2D eigenvalue weighted by Crippen LogP contribution is 2.56. The van der Waals surface area contributed by atoms with Crippen molar-refractivity contribution >= 4 is 46.6 Å². The molecule has 1 N–H and O–H groups in total. The van der Waals surface area contributed by atoms with Crippen LogP contribution in [-0.4, -0.2) is 42.9 Å². The summed E-state index contributed by atoms with van der Waals surface area (Å²) in [6, 6.07) is 14.8. The van der Waals surface area contributed by atoms with Gasteiger partial charge < -0.3 is 15.0 Å². The number of ether oxygens (including phenoxy) is 1. The first-order valence-electron chi connectivity index (χ1n) is 9.72. The Morgan fingerprint density at radius 1 is 1.17 bits per heavy atom. The molecule has 8 heteroatoms. The lowest BCUT2D eigenvalue weighted by Gasteiger charge is -2.29. The minimum Gasteiger partial charge on any atom is -0.450 e. The van der Waals surface area contributed by atoms with Gasteiger partial charge in [0, 0.05) is 43.2 Å². The fraction of sp³-hybridized carbons (Fsp3) is 0.318. The van der Waals surface area contributed by atoms with E-state index in [-0.39, 0.29) is 12.3 Å². The maximum atomic E-state index is 13.1. The molecule has 2 aliphatic rings. The molecule has 156 valence electrons. The van der Waals surface area contributed by atoms with Crippen LogP contribution < -0.4 is 15.1 Å². The first-order chi connectivity index (χ1) is 14.3. The largest absolute Gasteiger partial charge is 0.450 e. The third kappa shape index (κ3) is 3.41. The Balaban J connectivity index is 1.45. The highest BCUT2D eigenvalue weighted by atomic mass is 32.2. The Kier molecular flexibility index (Phi) is 5.19. The molecule has 2 aliphatic heterocycles. The number of amides is 2. The number of para-hydroxylation sites is 1. The lowest BCUT2D eigenvalue weighted by molar-refractivity contribution is -0.155. The summed E-state index contributed by atoms with van der Waals surface area (Å²) in [6.45, 7) is 1.53. The quantitative estimate of drug-likeness (QED) is 0.741. The highest BCUT2D eigenvalue weighted by Gasteiger charge is 2.58. The maximum Gasteiger partial charge on any atom is 0.344 e. The number of nitrogens with zero attached hydrogens (tertiary/aromatic N) is 2. The van der Waals surface area contributed by atoms with Crippen LogP contribution in [0, 0.1) is 0 Å². The van der Waals surface area contributed by atoms with Gasteiger partial charge in [-0.05, 0) is 43.3 Å². The molecule has 30 heavy (non-hydrogen) atoms. The Labute approximate surface area is 179 Å². The van der Waals surface area contributed by atoms with Gasteiger partial charge in [0.05, 0.1) is 5.69 Å². The summed E-state index contributed by atoms with van der Waals surface area (Å²) in [7, 11) is 3.87. The second-order valence-electron chi connectivity index (χ2n) is 7.56. The van der Waals surface area contributed by atoms with E-state index in [1.54, 1.807) is 12.1 Å². The Hall–Kier alpha value is -3.00. The number of carbonyl (C=O) groups excluding carboxylic acids is 3. The van der Waals surface area contributed by atoms with E-state index in [2.05, 4.69) is 5.32 Å². The molecule has 0 bridgehead atoms. The summed E-state index contributed by atoms with van der Waals surface area (Å²) >= 11 is 1.32. The first kappa shape index (κ1) is 20.3. The number of fused-ring (bicyclic) bond motifs is 3. The van der Waals surface area contributed by atoms with Gasteiger partial charge in [-0.25, -0.2) is 4.79 Å². The molecule has 0 saturated carbocycles. The summed E-state index contributed by atoms with van der Waals surface area (Å²) in [4.78, 5) is 41.4. The number of esters is 1. The van der Waals surface area contributed by atoms with Crippen LogP contribution >= 0.6 is 11.8 Å². The van der Waals surface area contributed by atoms with Crippen molar-refractivity contribution in [1.29, 1.82) is 0 Å². The van der Waals surface area contributed by atoms with Crippen LogP contribution in [0.2, 0.25) is 0 Å². The van der Waals surface area contributed by atoms with Crippen molar-refractivity contribution in [2.45, 2.75) is 35.6 Å². The zero-order chi connectivity index (χ0) is 21.5. The number of benzene rings is 2. The molecule has 1 fully saturated rings. The molecule has 2 heterocycles. The molecule has 1 saturated heterocycles. The Morgan fingerprint density at radius 3 is 2.57 bits per heavy atom. The van der Waals surface area contributed by atoms with Gasteiger partial charge in [0.2, 0.25) is 5.91 Å². The third-order valence-electron chi connectivity index (χ3n) is 5.30. The third-order valence-corrected chi connectivity index (χ3v) is 6.75. The Morgan fingerprint density at radius 2 is 1.87 bits per heavy atom. The predicted octanol–water partition coefficient (Wildman–Crippen LogP) is 3.25. The number of hydrogen-bond acceptors (Lipinski definition) is 6. The molecule has 0 spiro atoms. The van der Waals surface area contributed by atoms with Gasteiger partial charge in [0.1, 0.15) is 0 Å². The van der Waals surface area contributed by atoms with E-state index in [4.69, 9.17) is 4.74 Å². The van der Waals surface area contributed by atoms with Crippen LogP contribution in [0.25, 0.3) is 0 Å². The van der Waals surface area contributed by atoms with Crippen LogP contribution in [0.3, 0.4) is 0 Å². The van der Waals surface area contributed by atoms with E-state index in [9.17, 15) is 14.4 Å². The SMILES string of the molecule is C[C@@H](OC(=O)[C@]12CCC(=O)N1c1ccccc1S2)C(=O)Nc1ccc(N(C)C)cc1. The van der Waals surface area contributed by atoms with Gasteiger partial charge >= 0.3 is 5.97 Å². The summed E-state index contributed by atoms with van der Waals surface area (Å²) in [5.74, 6) is -1.10. The summed E-state index contributed by atoms with van der Waals surface area (Å²) in [6.07, 6.45) is -0.373. The van der Waals surface area contributed by atoms with Crippen LogP contribution in [0.15, 0.2) is 53.4 Å². The van der Waals surface area contributed by atoms with Gasteiger partial charge in [-0.2, -0.15) is 0 Å². The topological polar surface area (TPSA) is 79.0 Å². The van der Waals surface area contributed by atoms with Gasteiger partial charge in [0.25, 0.3) is 5.91 Å². The summed E-state index contributed by atoms with van der Waals surface area (Å²) < 4.78 is 5.54. The molecule has 0 aliphatic carbocycles. The number of anilines is 3. The van der Waals surface area contributed by atoms with Crippen LogP contribution in [0.4, 0.5) is 17.1 Å². The number of rotatable bonds is 5. The fourth-order valence-electron chi connectivity index (χ4n) is 3.67. The van der Waals surface area contributed by atoms with Crippen molar-refractivity contribution < 1.29 is 19.1 Å². The van der Waals surface area contributed by atoms with Gasteiger partial charge in [-0.1, -0.05) is 23.9 Å². The lowest BCUT2D eigenvalue weighted by Crippen LogP contribution is -2.49. The average Bonchev–Trinajstić information content (AvgIpc) is 3.24. The Bertz CT molecular complexity index is 1010. The van der Waals surface area contributed by atoms with Gasteiger partial charge in [-0.15, -0.1) is 0 Å². The van der Waals surface area contributed by atoms with E-state index in [1.807, 2.05) is 55.4 Å². The van der Waals surface area contributed by atoms with E-state index in [0.717, 1.165) is 16.3 Å². The molecule has 0 aromatic heterocycles. The highest BCUT2D eigenvalue weighted by molar-refractivity contribution is 8.02. The number of nitrogens with one attached hydrogen (secondary N) is 1. The first-order valence-corrected chi connectivity index (χ1v) is 10.5. The van der Waals surface area contributed by atoms with Crippen molar-refractivity contribution in [3.8, 4) is 0 Å². The molecule has 7 nitrogen and oxygen atoms in total. The normalized spacial score (nSPS) is 20.4. The maximum absolute atomic E-state index is 13.1. The van der Waals surface area contributed by atoms with Crippen molar-refractivity contribution in [2.24, 2.45) is 0 Å². The van der Waals surface area contributed by atoms with Crippen molar-refractivity contribution in [3.05, 3.63) is 48.5 Å². The zero-order valence-electron chi connectivity index (χ0n) is 17.0. The summed E-state index contributed by atoms with van der Waals surface area (Å²) in [5.41, 5.74) is 2.35. The molecule has 0 unspecified atom stereocenters. The van der Waals surface area contributed by atoms with Crippen molar-refractivity contribution in [1.82, 2.24) is 0 Å². The molecule has 2 amide bonds. The zero-order valence-corrected chi connectivity index (χ0v) is 17.9. The minimum atomic E-state index is -1.14. The molecule has 2 aromatic rings. The monoisotopic (exact) mass is 425 g/mol. The van der Waals surface area contributed by atoms with E-state index < -0.39 is 22.9 Å². The van der Waals surface area contributed by atoms with Crippen LogP contribution in [0.5, 0.6) is 0 Å². The molecule has 4 rings (SSSR count). The minimum absolute atomic E-state index is 0.109. The van der Waals surface area contributed by atoms with Crippen molar-refractivity contribution in [2.75, 3.05) is 29.2 Å². The molecular weight excluding hydrogens is 402 g/mol. The van der Waals surface area contributed by atoms with E-state index in [0.29, 0.717) is 12.1 Å². The van der Waals surface area contributed by atoms with Gasteiger partial charge in [0.15, 0.2) is 11.0 Å². The molecular formula is C22H23N3O4S. The lowest BCUT2D eigenvalue weighted by atomic mass is 10.2.